The molecule has 0 aliphatic rings. The van der Waals surface area contributed by atoms with Gasteiger partial charge in [0.15, 0.2) is 6.61 Å². The number of benzene rings is 1. The molecule has 8 nitrogen and oxygen atoms in total. The second kappa shape index (κ2) is 11.0. The lowest BCUT2D eigenvalue weighted by Crippen LogP contribution is -2.30. The molecular weight excluding hydrogens is 404 g/mol. The summed E-state index contributed by atoms with van der Waals surface area (Å²) in [4.78, 5) is 15.9. The molecule has 0 spiro atoms. The predicted octanol–water partition coefficient (Wildman–Crippen LogP) is 2.20. The maximum atomic E-state index is 12.2. The maximum Gasteiger partial charge on any atom is 0.257 e. The largest absolute Gasteiger partial charge is 0.482 e. The summed E-state index contributed by atoms with van der Waals surface area (Å²) in [6.07, 6.45) is 7.69. The van der Waals surface area contributed by atoms with Gasteiger partial charge in [0, 0.05) is 32.0 Å². The van der Waals surface area contributed by atoms with Gasteiger partial charge < -0.3 is 14.6 Å². The summed E-state index contributed by atoms with van der Waals surface area (Å²) >= 11 is 6.11. The smallest absolute Gasteiger partial charge is 0.257 e. The van der Waals surface area contributed by atoms with Crippen LogP contribution < -0.4 is 14.8 Å². The summed E-state index contributed by atoms with van der Waals surface area (Å²) in [5.41, 5.74) is 0. The first-order valence-corrected chi connectivity index (χ1v) is 10.9. The first kappa shape index (κ1) is 22.2. The molecule has 2 aromatic rings. The van der Waals surface area contributed by atoms with Crippen LogP contribution in [0, 0.1) is 0 Å². The topological polar surface area (TPSA) is 102 Å². The van der Waals surface area contributed by atoms with E-state index in [-0.39, 0.29) is 28.2 Å². The van der Waals surface area contributed by atoms with Gasteiger partial charge in [-0.25, -0.2) is 18.1 Å². The highest BCUT2D eigenvalue weighted by atomic mass is 35.5. The van der Waals surface area contributed by atoms with Crippen molar-refractivity contribution in [3.8, 4) is 5.75 Å². The molecular formula is C18H25ClN4O4S. The molecule has 0 bridgehead atoms. The Bertz CT molecular complexity index is 856. The number of carbonyl (C=O) groups excluding carboxylic acids is 1. The van der Waals surface area contributed by atoms with Crippen molar-refractivity contribution in [2.24, 2.45) is 0 Å². The molecule has 2 rings (SSSR count). The second-order valence-corrected chi connectivity index (χ2v) is 8.31. The number of amides is 1. The zero-order chi connectivity index (χ0) is 20.4. The highest BCUT2D eigenvalue weighted by molar-refractivity contribution is 7.89. The number of nitrogens with zero attached hydrogens (tertiary/aromatic N) is 2. The van der Waals surface area contributed by atoms with Crippen molar-refractivity contribution in [2.75, 3.05) is 19.7 Å². The van der Waals surface area contributed by atoms with E-state index in [1.807, 2.05) is 17.7 Å². The molecule has 0 saturated heterocycles. The van der Waals surface area contributed by atoms with E-state index in [9.17, 15) is 13.2 Å². The van der Waals surface area contributed by atoms with Crippen molar-refractivity contribution in [3.63, 3.8) is 0 Å². The van der Waals surface area contributed by atoms with Gasteiger partial charge in [-0.15, -0.1) is 0 Å². The molecule has 0 unspecified atom stereocenters. The molecule has 1 heterocycles. The number of halogens is 1. The SMILES string of the molecule is CCCCNS(=O)(=O)c1ccc(OCC(=O)NCCCn2ccnc2)c(Cl)c1. The third-order valence-electron chi connectivity index (χ3n) is 3.87. The number of imidazole rings is 1. The van der Waals surface area contributed by atoms with Gasteiger partial charge in [0.2, 0.25) is 10.0 Å². The first-order chi connectivity index (χ1) is 13.4. The van der Waals surface area contributed by atoms with Crippen molar-refractivity contribution < 1.29 is 17.9 Å². The minimum absolute atomic E-state index is 0.0601. The van der Waals surface area contributed by atoms with Crippen LogP contribution in [-0.4, -0.2) is 43.6 Å². The Morgan fingerprint density at radius 1 is 1.29 bits per heavy atom. The number of unbranched alkanes of at least 4 members (excludes halogenated alkanes) is 1. The molecule has 0 atom stereocenters. The fourth-order valence-corrected chi connectivity index (χ4v) is 3.73. The van der Waals surface area contributed by atoms with Crippen molar-refractivity contribution in [1.29, 1.82) is 0 Å². The van der Waals surface area contributed by atoms with Crippen LogP contribution in [0.1, 0.15) is 26.2 Å². The number of hydrogen-bond acceptors (Lipinski definition) is 5. The monoisotopic (exact) mass is 428 g/mol. The Kier molecular flexibility index (Phi) is 8.75. The number of sulfonamides is 1. The van der Waals surface area contributed by atoms with E-state index in [1.54, 1.807) is 12.5 Å². The number of hydrogen-bond donors (Lipinski definition) is 2. The Labute approximate surface area is 170 Å². The van der Waals surface area contributed by atoms with Crippen LogP contribution in [0.5, 0.6) is 5.75 Å². The summed E-state index contributed by atoms with van der Waals surface area (Å²) in [7, 11) is -3.61. The Hall–Kier alpha value is -2.10. The van der Waals surface area contributed by atoms with Gasteiger partial charge in [0.25, 0.3) is 5.91 Å². The number of aromatic nitrogens is 2. The van der Waals surface area contributed by atoms with Gasteiger partial charge in [-0.2, -0.15) is 0 Å². The van der Waals surface area contributed by atoms with Crippen LogP contribution in [0.4, 0.5) is 0 Å². The van der Waals surface area contributed by atoms with E-state index in [1.165, 1.54) is 18.2 Å². The highest BCUT2D eigenvalue weighted by Gasteiger charge is 2.16. The molecule has 0 radical (unpaired) electrons. The molecule has 28 heavy (non-hydrogen) atoms. The number of aryl methyl sites for hydroxylation is 1. The number of carbonyl (C=O) groups is 1. The Balaban J connectivity index is 1.78. The summed E-state index contributed by atoms with van der Waals surface area (Å²) in [6, 6.07) is 4.16. The number of ether oxygens (including phenoxy) is 1. The number of rotatable bonds is 12. The minimum atomic E-state index is -3.61. The Morgan fingerprint density at radius 2 is 2.11 bits per heavy atom. The third kappa shape index (κ3) is 7.14. The maximum absolute atomic E-state index is 12.2. The fraction of sp³-hybridized carbons (Fsp3) is 0.444. The van der Waals surface area contributed by atoms with Crippen molar-refractivity contribution in [1.82, 2.24) is 19.6 Å². The molecule has 2 N–H and O–H groups in total. The molecule has 154 valence electrons. The van der Waals surface area contributed by atoms with Gasteiger partial charge in [0.1, 0.15) is 5.75 Å². The quantitative estimate of drug-likeness (QED) is 0.504. The van der Waals surface area contributed by atoms with Crippen LogP contribution >= 0.6 is 11.6 Å². The average Bonchev–Trinajstić information content (AvgIpc) is 3.18. The van der Waals surface area contributed by atoms with Gasteiger partial charge in [0.05, 0.1) is 16.2 Å². The molecule has 1 aromatic heterocycles. The van der Waals surface area contributed by atoms with Crippen molar-refractivity contribution >= 4 is 27.5 Å². The molecule has 1 aromatic carbocycles. The van der Waals surface area contributed by atoms with E-state index in [4.69, 9.17) is 16.3 Å². The molecule has 10 heteroatoms. The average molecular weight is 429 g/mol. The van der Waals surface area contributed by atoms with Crippen LogP contribution in [0.25, 0.3) is 0 Å². The summed E-state index contributed by atoms with van der Waals surface area (Å²) in [6.45, 7) is 3.42. The van der Waals surface area contributed by atoms with Gasteiger partial charge in [-0.05, 0) is 31.0 Å². The van der Waals surface area contributed by atoms with Crippen LogP contribution in [0.2, 0.25) is 5.02 Å². The van der Waals surface area contributed by atoms with E-state index >= 15 is 0 Å². The second-order valence-electron chi connectivity index (χ2n) is 6.14. The zero-order valence-corrected chi connectivity index (χ0v) is 17.3. The predicted molar refractivity (Wildman–Crippen MR) is 107 cm³/mol. The lowest BCUT2D eigenvalue weighted by molar-refractivity contribution is -0.123. The standard InChI is InChI=1S/C18H25ClN4O4S/c1-2-3-8-22-28(25,26)15-5-6-17(16(19)12-15)27-13-18(24)21-7-4-10-23-11-9-20-14-23/h5-6,9,11-12,14,22H,2-4,7-8,10,13H2,1H3,(H,21,24). The lowest BCUT2D eigenvalue weighted by Gasteiger charge is -2.11. The lowest BCUT2D eigenvalue weighted by atomic mass is 10.3. The molecule has 0 aliphatic heterocycles. The van der Waals surface area contributed by atoms with E-state index in [0.717, 1.165) is 25.8 Å². The van der Waals surface area contributed by atoms with E-state index in [0.29, 0.717) is 13.1 Å². The molecule has 0 fully saturated rings. The zero-order valence-electron chi connectivity index (χ0n) is 15.7. The van der Waals surface area contributed by atoms with Gasteiger partial charge in [-0.3, -0.25) is 4.79 Å². The van der Waals surface area contributed by atoms with Crippen LogP contribution in [0.15, 0.2) is 41.8 Å². The normalized spacial score (nSPS) is 11.4. The number of nitrogens with one attached hydrogen (secondary N) is 2. The van der Waals surface area contributed by atoms with Crippen LogP contribution in [-0.2, 0) is 21.4 Å². The van der Waals surface area contributed by atoms with Gasteiger partial charge >= 0.3 is 0 Å². The Morgan fingerprint density at radius 3 is 2.79 bits per heavy atom. The first-order valence-electron chi connectivity index (χ1n) is 9.07. The van der Waals surface area contributed by atoms with Gasteiger partial charge in [-0.1, -0.05) is 24.9 Å². The highest BCUT2D eigenvalue weighted by Crippen LogP contribution is 2.27. The molecule has 0 aliphatic carbocycles. The fourth-order valence-electron chi connectivity index (χ4n) is 2.34. The van der Waals surface area contributed by atoms with Crippen LogP contribution in [0.3, 0.4) is 0 Å². The third-order valence-corrected chi connectivity index (χ3v) is 5.62. The van der Waals surface area contributed by atoms with E-state index in [2.05, 4.69) is 15.0 Å². The molecule has 1 amide bonds. The summed E-state index contributed by atoms with van der Waals surface area (Å²) in [5.74, 6) is -0.0256. The van der Waals surface area contributed by atoms with Crippen molar-refractivity contribution in [3.05, 3.63) is 41.9 Å². The molecule has 0 saturated carbocycles. The minimum Gasteiger partial charge on any atom is -0.482 e. The summed E-state index contributed by atoms with van der Waals surface area (Å²) < 4.78 is 34.2. The summed E-state index contributed by atoms with van der Waals surface area (Å²) in [5, 5.41) is 2.88. The van der Waals surface area contributed by atoms with E-state index < -0.39 is 10.0 Å². The van der Waals surface area contributed by atoms with Crippen molar-refractivity contribution in [2.45, 2.75) is 37.6 Å².